The molecule has 0 aromatic rings. The van der Waals surface area contributed by atoms with Crippen LogP contribution >= 0.6 is 0 Å². The Bertz CT molecular complexity index is 225. The van der Waals surface area contributed by atoms with E-state index in [1.807, 2.05) is 4.90 Å². The molecule has 17 heavy (non-hydrogen) atoms. The van der Waals surface area contributed by atoms with Crippen LogP contribution in [0.3, 0.4) is 0 Å². The fraction of sp³-hybridized carbons (Fsp3) is 0.923. The van der Waals surface area contributed by atoms with Gasteiger partial charge in [0.15, 0.2) is 0 Å². The second-order valence-electron chi connectivity index (χ2n) is 5.13. The van der Waals surface area contributed by atoms with Crippen molar-refractivity contribution in [2.45, 2.75) is 39.2 Å². The normalized spacial score (nSPS) is 18.5. The predicted octanol–water partition coefficient (Wildman–Crippen LogP) is 1.26. The summed E-state index contributed by atoms with van der Waals surface area (Å²) in [5.41, 5.74) is 0. The Morgan fingerprint density at radius 2 is 1.94 bits per heavy atom. The van der Waals surface area contributed by atoms with Gasteiger partial charge in [0.2, 0.25) is 5.91 Å². The number of likely N-dealkylation sites (tertiary alicyclic amines) is 1. The Hall–Kier alpha value is -0.610. The molecule has 0 radical (unpaired) electrons. The van der Waals surface area contributed by atoms with E-state index in [2.05, 4.69) is 19.2 Å². The highest BCUT2D eigenvalue weighted by atomic mass is 16.5. The topological polar surface area (TPSA) is 41.6 Å². The van der Waals surface area contributed by atoms with E-state index >= 15 is 0 Å². The minimum atomic E-state index is 0.228. The summed E-state index contributed by atoms with van der Waals surface area (Å²) in [7, 11) is 1.70. The zero-order valence-corrected chi connectivity index (χ0v) is 11.4. The summed E-state index contributed by atoms with van der Waals surface area (Å²) in [5.74, 6) is 0.704. The van der Waals surface area contributed by atoms with Crippen LogP contribution in [0.4, 0.5) is 0 Å². The number of nitrogens with zero attached hydrogens (tertiary/aromatic N) is 1. The fourth-order valence-electron chi connectivity index (χ4n) is 2.14. The first-order valence-corrected chi connectivity index (χ1v) is 6.65. The third-order valence-corrected chi connectivity index (χ3v) is 3.38. The highest BCUT2D eigenvalue weighted by Crippen LogP contribution is 2.08. The van der Waals surface area contributed by atoms with Crippen LogP contribution in [0.1, 0.15) is 33.1 Å². The number of hydrogen-bond acceptors (Lipinski definition) is 3. The SMILES string of the molecule is COCC(NCC(=O)N1CCCCC1)C(C)C. The van der Waals surface area contributed by atoms with Crippen LogP contribution in [0.15, 0.2) is 0 Å². The summed E-state index contributed by atoms with van der Waals surface area (Å²) in [6.45, 7) is 7.23. The van der Waals surface area contributed by atoms with Crippen LogP contribution in [0.2, 0.25) is 0 Å². The van der Waals surface area contributed by atoms with E-state index in [0.29, 0.717) is 19.1 Å². The summed E-state index contributed by atoms with van der Waals surface area (Å²) in [4.78, 5) is 13.9. The molecule has 0 aromatic heterocycles. The first kappa shape index (κ1) is 14.5. The van der Waals surface area contributed by atoms with E-state index in [4.69, 9.17) is 4.74 Å². The molecule has 1 N–H and O–H groups in total. The smallest absolute Gasteiger partial charge is 0.236 e. The van der Waals surface area contributed by atoms with Gasteiger partial charge < -0.3 is 15.0 Å². The first-order chi connectivity index (χ1) is 8.15. The highest BCUT2D eigenvalue weighted by Gasteiger charge is 2.18. The molecule has 0 bridgehead atoms. The molecule has 1 amide bonds. The lowest BCUT2D eigenvalue weighted by molar-refractivity contribution is -0.131. The van der Waals surface area contributed by atoms with Crippen molar-refractivity contribution in [3.63, 3.8) is 0 Å². The summed E-state index contributed by atoms with van der Waals surface area (Å²) in [6, 6.07) is 0.258. The maximum atomic E-state index is 12.0. The third kappa shape index (κ3) is 5.04. The lowest BCUT2D eigenvalue weighted by Gasteiger charge is -2.28. The minimum Gasteiger partial charge on any atom is -0.383 e. The number of rotatable bonds is 6. The Morgan fingerprint density at radius 3 is 2.47 bits per heavy atom. The summed E-state index contributed by atoms with van der Waals surface area (Å²) in [6.07, 6.45) is 3.56. The van der Waals surface area contributed by atoms with Gasteiger partial charge in [-0.1, -0.05) is 13.8 Å². The van der Waals surface area contributed by atoms with Crippen molar-refractivity contribution in [3.8, 4) is 0 Å². The van der Waals surface area contributed by atoms with Crippen molar-refractivity contribution >= 4 is 5.91 Å². The molecule has 0 spiro atoms. The second kappa shape index (κ2) is 7.67. The van der Waals surface area contributed by atoms with Crippen LogP contribution in [-0.4, -0.2) is 50.2 Å². The molecule has 4 heteroatoms. The van der Waals surface area contributed by atoms with E-state index in [-0.39, 0.29) is 11.9 Å². The van der Waals surface area contributed by atoms with Crippen LogP contribution in [0, 0.1) is 5.92 Å². The fourth-order valence-corrected chi connectivity index (χ4v) is 2.14. The Labute approximate surface area is 105 Å². The Morgan fingerprint density at radius 1 is 1.29 bits per heavy atom. The molecular formula is C13H26N2O2. The van der Waals surface area contributed by atoms with E-state index < -0.39 is 0 Å². The average molecular weight is 242 g/mol. The molecule has 1 fully saturated rings. The maximum absolute atomic E-state index is 12.0. The second-order valence-corrected chi connectivity index (χ2v) is 5.13. The van der Waals surface area contributed by atoms with Crippen molar-refractivity contribution in [2.75, 3.05) is 33.4 Å². The molecule has 1 saturated heterocycles. The number of methoxy groups -OCH3 is 1. The number of nitrogens with one attached hydrogen (secondary N) is 1. The van der Waals surface area contributed by atoms with E-state index in [1.54, 1.807) is 7.11 Å². The quantitative estimate of drug-likeness (QED) is 0.762. The number of hydrogen-bond donors (Lipinski definition) is 1. The van der Waals surface area contributed by atoms with E-state index in [1.165, 1.54) is 6.42 Å². The third-order valence-electron chi connectivity index (χ3n) is 3.38. The molecular weight excluding hydrogens is 216 g/mol. The molecule has 1 unspecified atom stereocenters. The minimum absolute atomic E-state index is 0.228. The van der Waals surface area contributed by atoms with Gasteiger partial charge in [-0.2, -0.15) is 0 Å². The first-order valence-electron chi connectivity index (χ1n) is 6.65. The molecule has 0 aromatic carbocycles. The zero-order chi connectivity index (χ0) is 12.7. The Kier molecular flexibility index (Phi) is 6.52. The van der Waals surface area contributed by atoms with Gasteiger partial charge in [-0.05, 0) is 25.2 Å². The van der Waals surface area contributed by atoms with Crippen molar-refractivity contribution in [1.82, 2.24) is 10.2 Å². The number of piperidine rings is 1. The largest absolute Gasteiger partial charge is 0.383 e. The molecule has 0 saturated carbocycles. The predicted molar refractivity (Wildman–Crippen MR) is 68.9 cm³/mol. The number of amides is 1. The van der Waals surface area contributed by atoms with Crippen molar-refractivity contribution in [3.05, 3.63) is 0 Å². The average Bonchev–Trinajstić information content (AvgIpc) is 2.34. The molecule has 1 aliphatic rings. The summed E-state index contributed by atoms with van der Waals surface area (Å²) < 4.78 is 5.16. The number of carbonyl (C=O) groups excluding carboxylic acids is 1. The van der Waals surface area contributed by atoms with Crippen molar-refractivity contribution in [2.24, 2.45) is 5.92 Å². The molecule has 1 aliphatic heterocycles. The van der Waals surface area contributed by atoms with Crippen LogP contribution in [0.25, 0.3) is 0 Å². The van der Waals surface area contributed by atoms with E-state index in [9.17, 15) is 4.79 Å². The van der Waals surface area contributed by atoms with Gasteiger partial charge in [0.25, 0.3) is 0 Å². The van der Waals surface area contributed by atoms with Gasteiger partial charge >= 0.3 is 0 Å². The zero-order valence-electron chi connectivity index (χ0n) is 11.4. The highest BCUT2D eigenvalue weighted by molar-refractivity contribution is 5.78. The van der Waals surface area contributed by atoms with Gasteiger partial charge in [-0.15, -0.1) is 0 Å². The molecule has 1 heterocycles. The van der Waals surface area contributed by atoms with Gasteiger partial charge in [0, 0.05) is 26.2 Å². The van der Waals surface area contributed by atoms with Crippen LogP contribution in [-0.2, 0) is 9.53 Å². The van der Waals surface area contributed by atoms with Gasteiger partial charge in [-0.3, -0.25) is 4.79 Å². The monoisotopic (exact) mass is 242 g/mol. The lowest BCUT2D eigenvalue weighted by Crippen LogP contribution is -2.46. The molecule has 1 atom stereocenters. The standard InChI is InChI=1S/C13H26N2O2/c1-11(2)12(10-17-3)14-9-13(16)15-7-5-4-6-8-15/h11-12,14H,4-10H2,1-3H3. The van der Waals surface area contributed by atoms with E-state index in [0.717, 1.165) is 25.9 Å². The summed E-state index contributed by atoms with van der Waals surface area (Å²) >= 11 is 0. The van der Waals surface area contributed by atoms with Gasteiger partial charge in [-0.25, -0.2) is 0 Å². The van der Waals surface area contributed by atoms with Crippen molar-refractivity contribution in [1.29, 1.82) is 0 Å². The van der Waals surface area contributed by atoms with Crippen molar-refractivity contribution < 1.29 is 9.53 Å². The molecule has 1 rings (SSSR count). The summed E-state index contributed by atoms with van der Waals surface area (Å²) in [5, 5.41) is 3.30. The lowest BCUT2D eigenvalue weighted by atomic mass is 10.1. The van der Waals surface area contributed by atoms with Gasteiger partial charge in [0.1, 0.15) is 0 Å². The van der Waals surface area contributed by atoms with Gasteiger partial charge in [0.05, 0.1) is 13.2 Å². The Balaban J connectivity index is 2.29. The number of carbonyl (C=O) groups is 1. The molecule has 4 nitrogen and oxygen atoms in total. The van der Waals surface area contributed by atoms with Crippen LogP contribution in [0.5, 0.6) is 0 Å². The number of ether oxygens (including phenoxy) is 1. The molecule has 100 valence electrons. The molecule has 0 aliphatic carbocycles. The van der Waals surface area contributed by atoms with Crippen LogP contribution < -0.4 is 5.32 Å². The maximum Gasteiger partial charge on any atom is 0.236 e.